The minimum atomic E-state index is -3.35. The van der Waals surface area contributed by atoms with Crippen LogP contribution in [-0.2, 0) is 16.6 Å². The Morgan fingerprint density at radius 3 is 2.71 bits per heavy atom. The number of nitrogens with zero attached hydrogens (tertiary/aromatic N) is 1. The summed E-state index contributed by atoms with van der Waals surface area (Å²) < 4.78 is 27.4. The largest absolute Gasteiger partial charge is 0.312 e. The van der Waals surface area contributed by atoms with Crippen LogP contribution in [0.5, 0.6) is 0 Å². The molecule has 120 valence electrons. The van der Waals surface area contributed by atoms with Crippen molar-refractivity contribution in [2.75, 3.05) is 19.6 Å². The van der Waals surface area contributed by atoms with E-state index in [1.54, 1.807) is 10.4 Å². The predicted octanol–water partition coefficient (Wildman–Crippen LogP) is 2.91. The second kappa shape index (κ2) is 6.36. The monoisotopic (exact) mass is 330 g/mol. The third-order valence-corrected chi connectivity index (χ3v) is 7.23. The van der Waals surface area contributed by atoms with Crippen LogP contribution in [0.2, 0.25) is 0 Å². The van der Waals surface area contributed by atoms with Crippen molar-refractivity contribution in [3.8, 4) is 0 Å². The van der Waals surface area contributed by atoms with Crippen LogP contribution < -0.4 is 5.32 Å². The van der Waals surface area contributed by atoms with Crippen molar-refractivity contribution in [2.24, 2.45) is 11.3 Å². The van der Waals surface area contributed by atoms with Crippen LogP contribution >= 0.6 is 11.3 Å². The highest BCUT2D eigenvalue weighted by molar-refractivity contribution is 7.89. The molecule has 2 rings (SSSR count). The Morgan fingerprint density at radius 1 is 1.43 bits per heavy atom. The van der Waals surface area contributed by atoms with E-state index in [0.29, 0.717) is 30.4 Å². The minimum absolute atomic E-state index is 0.158. The van der Waals surface area contributed by atoms with Gasteiger partial charge in [0, 0.05) is 24.5 Å². The summed E-state index contributed by atoms with van der Waals surface area (Å²) in [7, 11) is -3.35. The van der Waals surface area contributed by atoms with Gasteiger partial charge in [0.15, 0.2) is 0 Å². The van der Waals surface area contributed by atoms with E-state index in [4.69, 9.17) is 0 Å². The fourth-order valence-corrected chi connectivity index (χ4v) is 5.60. The zero-order valence-electron chi connectivity index (χ0n) is 13.3. The molecule has 1 aliphatic heterocycles. The van der Waals surface area contributed by atoms with E-state index in [1.165, 1.54) is 11.3 Å². The van der Waals surface area contributed by atoms with E-state index in [0.717, 1.165) is 17.8 Å². The molecular weight excluding hydrogens is 304 g/mol. The molecule has 1 N–H and O–H groups in total. The lowest BCUT2D eigenvalue weighted by atomic mass is 9.80. The van der Waals surface area contributed by atoms with Gasteiger partial charge < -0.3 is 5.32 Å². The average molecular weight is 331 g/mol. The minimum Gasteiger partial charge on any atom is -0.312 e. The highest BCUT2D eigenvalue weighted by atomic mass is 32.2. The summed E-state index contributed by atoms with van der Waals surface area (Å²) in [4.78, 5) is 1.40. The van der Waals surface area contributed by atoms with E-state index in [1.807, 2.05) is 12.3 Å². The van der Waals surface area contributed by atoms with Gasteiger partial charge in [0.05, 0.1) is 4.90 Å². The Kier molecular flexibility index (Phi) is 5.13. The van der Waals surface area contributed by atoms with Gasteiger partial charge in [-0.05, 0) is 35.7 Å². The molecule has 1 fully saturated rings. The second-order valence-corrected chi connectivity index (χ2v) is 9.61. The van der Waals surface area contributed by atoms with Crippen LogP contribution in [-0.4, -0.2) is 32.4 Å². The Bertz CT molecular complexity index is 573. The molecule has 1 saturated heterocycles. The molecule has 0 radical (unpaired) electrons. The zero-order chi connectivity index (χ0) is 15.7. The quantitative estimate of drug-likeness (QED) is 0.903. The first-order valence-electron chi connectivity index (χ1n) is 7.54. The van der Waals surface area contributed by atoms with E-state index < -0.39 is 10.0 Å². The Hall–Kier alpha value is -0.430. The smallest absolute Gasteiger partial charge is 0.244 e. The van der Waals surface area contributed by atoms with Gasteiger partial charge in [-0.25, -0.2) is 8.42 Å². The van der Waals surface area contributed by atoms with Crippen molar-refractivity contribution < 1.29 is 8.42 Å². The van der Waals surface area contributed by atoms with Crippen molar-refractivity contribution in [1.29, 1.82) is 0 Å². The predicted molar refractivity (Wildman–Crippen MR) is 88.0 cm³/mol. The van der Waals surface area contributed by atoms with E-state index in [2.05, 4.69) is 26.1 Å². The number of hydrogen-bond acceptors (Lipinski definition) is 4. The van der Waals surface area contributed by atoms with Crippen LogP contribution in [0.1, 0.15) is 39.0 Å². The fraction of sp³-hybridized carbons (Fsp3) is 0.733. The van der Waals surface area contributed by atoms with Crippen LogP contribution in [0.4, 0.5) is 0 Å². The van der Waals surface area contributed by atoms with E-state index in [-0.39, 0.29) is 5.41 Å². The summed E-state index contributed by atoms with van der Waals surface area (Å²) in [5, 5.41) is 5.09. The van der Waals surface area contributed by atoms with Crippen LogP contribution in [0.15, 0.2) is 16.3 Å². The molecule has 2 heterocycles. The fourth-order valence-electron chi connectivity index (χ4n) is 2.72. The normalized spacial score (nSPS) is 21.0. The first kappa shape index (κ1) is 16.9. The average Bonchev–Trinajstić information content (AvgIpc) is 3.04. The summed E-state index contributed by atoms with van der Waals surface area (Å²) >= 11 is 1.51. The van der Waals surface area contributed by atoms with Gasteiger partial charge in [-0.15, -0.1) is 11.3 Å². The lowest BCUT2D eigenvalue weighted by molar-refractivity contribution is 0.252. The Labute approximate surface area is 132 Å². The number of rotatable bonds is 5. The SMILES string of the molecule is CCNCc1sccc1S(=O)(=O)N1CCC(C(C)(C)C)C1. The highest BCUT2D eigenvalue weighted by Gasteiger charge is 2.38. The third kappa shape index (κ3) is 3.67. The third-order valence-electron chi connectivity index (χ3n) is 4.23. The maximum absolute atomic E-state index is 12.9. The summed E-state index contributed by atoms with van der Waals surface area (Å²) in [6, 6.07) is 1.75. The van der Waals surface area contributed by atoms with Gasteiger partial charge >= 0.3 is 0 Å². The maximum atomic E-state index is 12.9. The van der Waals surface area contributed by atoms with Crippen LogP contribution in [0.25, 0.3) is 0 Å². The van der Waals surface area contributed by atoms with E-state index in [9.17, 15) is 8.42 Å². The molecule has 4 nitrogen and oxygen atoms in total. The van der Waals surface area contributed by atoms with Crippen molar-refractivity contribution in [2.45, 2.75) is 45.6 Å². The molecular formula is C15H26N2O2S2. The molecule has 21 heavy (non-hydrogen) atoms. The standard InChI is InChI=1S/C15H26N2O2S2/c1-5-16-10-13-14(7-9-20-13)21(18,19)17-8-6-12(11-17)15(2,3)4/h7,9,12,16H,5-6,8,10-11H2,1-4H3. The molecule has 1 aliphatic rings. The van der Waals surface area contributed by atoms with Crippen LogP contribution in [0, 0.1) is 11.3 Å². The van der Waals surface area contributed by atoms with Crippen molar-refractivity contribution in [1.82, 2.24) is 9.62 Å². The topological polar surface area (TPSA) is 49.4 Å². The molecule has 1 aromatic rings. The number of thiophene rings is 1. The van der Waals surface area contributed by atoms with Gasteiger partial charge in [-0.2, -0.15) is 4.31 Å². The number of sulfonamides is 1. The molecule has 0 bridgehead atoms. The van der Waals surface area contributed by atoms with Crippen LogP contribution in [0.3, 0.4) is 0 Å². The molecule has 1 unspecified atom stereocenters. The number of hydrogen-bond donors (Lipinski definition) is 1. The van der Waals surface area contributed by atoms with Gasteiger partial charge in [0.2, 0.25) is 10.0 Å². The maximum Gasteiger partial charge on any atom is 0.244 e. The summed E-state index contributed by atoms with van der Waals surface area (Å²) in [6.07, 6.45) is 0.954. The summed E-state index contributed by atoms with van der Waals surface area (Å²) in [5.41, 5.74) is 0.158. The highest BCUT2D eigenvalue weighted by Crippen LogP contribution is 2.36. The molecule has 1 atom stereocenters. The zero-order valence-corrected chi connectivity index (χ0v) is 15.0. The van der Waals surface area contributed by atoms with Gasteiger partial charge in [-0.3, -0.25) is 0 Å². The summed E-state index contributed by atoms with van der Waals surface area (Å²) in [5.74, 6) is 0.433. The first-order chi connectivity index (χ1) is 9.76. The van der Waals surface area contributed by atoms with Gasteiger partial charge in [-0.1, -0.05) is 27.7 Å². The Morgan fingerprint density at radius 2 is 2.14 bits per heavy atom. The molecule has 6 heteroatoms. The Balaban J connectivity index is 2.18. The van der Waals surface area contributed by atoms with Crippen molar-refractivity contribution >= 4 is 21.4 Å². The first-order valence-corrected chi connectivity index (χ1v) is 9.86. The summed E-state index contributed by atoms with van der Waals surface area (Å²) in [6.45, 7) is 11.3. The van der Waals surface area contributed by atoms with Crippen molar-refractivity contribution in [3.63, 3.8) is 0 Å². The van der Waals surface area contributed by atoms with Crippen molar-refractivity contribution in [3.05, 3.63) is 16.3 Å². The second-order valence-electron chi connectivity index (χ2n) is 6.70. The lowest BCUT2D eigenvalue weighted by Crippen LogP contribution is -2.31. The lowest BCUT2D eigenvalue weighted by Gasteiger charge is -2.26. The molecule has 0 spiro atoms. The van der Waals surface area contributed by atoms with Gasteiger partial charge in [0.25, 0.3) is 0 Å². The van der Waals surface area contributed by atoms with Gasteiger partial charge in [0.1, 0.15) is 0 Å². The molecule has 0 aromatic carbocycles. The molecule has 1 aromatic heterocycles. The van der Waals surface area contributed by atoms with E-state index >= 15 is 0 Å². The molecule has 0 amide bonds. The molecule has 0 saturated carbocycles. The molecule has 0 aliphatic carbocycles. The number of nitrogens with one attached hydrogen (secondary N) is 1.